The van der Waals surface area contributed by atoms with Gasteiger partial charge in [-0.2, -0.15) is 0 Å². The lowest BCUT2D eigenvalue weighted by molar-refractivity contribution is -0.122. The highest BCUT2D eigenvalue weighted by Gasteiger charge is 2.50. The van der Waals surface area contributed by atoms with Crippen molar-refractivity contribution >= 4 is 56.1 Å². The van der Waals surface area contributed by atoms with E-state index in [9.17, 15) is 19.2 Å². The number of nitrogens with zero attached hydrogens (tertiary/aromatic N) is 2. The molecule has 7 nitrogen and oxygen atoms in total. The van der Waals surface area contributed by atoms with Crippen LogP contribution in [0.1, 0.15) is 52.1 Å². The van der Waals surface area contributed by atoms with Crippen LogP contribution in [0.25, 0.3) is 22.2 Å². The van der Waals surface area contributed by atoms with E-state index in [1.54, 1.807) is 49.4 Å². The second-order valence-electron chi connectivity index (χ2n) is 11.7. The van der Waals surface area contributed by atoms with Crippen LogP contribution in [0.4, 0.5) is 5.69 Å². The highest BCUT2D eigenvalue weighted by atomic mass is 79.9. The summed E-state index contributed by atoms with van der Waals surface area (Å²) >= 11 is 3.52. The molecule has 222 valence electrons. The molecule has 2 aliphatic rings. The van der Waals surface area contributed by atoms with Gasteiger partial charge in [0.2, 0.25) is 17.6 Å². The molecule has 3 aromatic carbocycles. The van der Waals surface area contributed by atoms with Gasteiger partial charge in [-0.1, -0.05) is 77.0 Å². The molecule has 4 aromatic rings. The molecule has 4 atom stereocenters. The average Bonchev–Trinajstić information content (AvgIpc) is 3.26. The lowest BCUT2D eigenvalue weighted by Crippen LogP contribution is -2.31. The lowest BCUT2D eigenvalue weighted by atomic mass is 9.78. The number of ether oxygens (including phenoxy) is 1. The summed E-state index contributed by atoms with van der Waals surface area (Å²) in [5, 5.41) is 0.593. The molecule has 0 spiro atoms. The molecule has 6 rings (SSSR count). The number of hydrogen-bond donors (Lipinski definition) is 0. The van der Waals surface area contributed by atoms with Crippen LogP contribution >= 0.6 is 15.9 Å². The molecular formula is C36H31BrN2O5. The van der Waals surface area contributed by atoms with Crippen LogP contribution in [0, 0.1) is 31.6 Å². The minimum Gasteiger partial charge on any atom is -0.451 e. The van der Waals surface area contributed by atoms with Crippen LogP contribution in [0.15, 0.2) is 83.4 Å². The van der Waals surface area contributed by atoms with E-state index >= 15 is 0 Å². The van der Waals surface area contributed by atoms with Crippen LogP contribution in [0.2, 0.25) is 0 Å². The van der Waals surface area contributed by atoms with Gasteiger partial charge in [-0.05, 0) is 69.0 Å². The number of fused-ring (bicyclic) bond motifs is 2. The van der Waals surface area contributed by atoms with E-state index in [2.05, 4.69) is 15.9 Å². The zero-order chi connectivity index (χ0) is 31.3. The molecule has 0 saturated carbocycles. The molecule has 2 heterocycles. The highest BCUT2D eigenvalue weighted by molar-refractivity contribution is 9.10. The molecule has 1 aromatic heterocycles. The van der Waals surface area contributed by atoms with Crippen molar-refractivity contribution in [2.24, 2.45) is 17.8 Å². The predicted octanol–water partition coefficient (Wildman–Crippen LogP) is 7.41. The van der Waals surface area contributed by atoms with Gasteiger partial charge in [0.1, 0.15) is 0 Å². The Morgan fingerprint density at radius 2 is 1.68 bits per heavy atom. The van der Waals surface area contributed by atoms with Crippen LogP contribution in [0.5, 0.6) is 0 Å². The Morgan fingerprint density at radius 3 is 2.36 bits per heavy atom. The second kappa shape index (κ2) is 11.6. The van der Waals surface area contributed by atoms with Gasteiger partial charge < -0.3 is 4.74 Å². The molecule has 44 heavy (non-hydrogen) atoms. The first-order chi connectivity index (χ1) is 21.0. The summed E-state index contributed by atoms with van der Waals surface area (Å²) in [6, 6.07) is 19.6. The number of imide groups is 1. The van der Waals surface area contributed by atoms with Crippen LogP contribution in [-0.4, -0.2) is 34.7 Å². The molecule has 1 aliphatic heterocycles. The normalized spacial score (nSPS) is 20.1. The van der Waals surface area contributed by atoms with Gasteiger partial charge in [-0.3, -0.25) is 19.3 Å². The number of aromatic nitrogens is 1. The van der Waals surface area contributed by atoms with E-state index in [0.717, 1.165) is 15.6 Å². The van der Waals surface area contributed by atoms with Gasteiger partial charge in [-0.25, -0.2) is 9.78 Å². The number of rotatable bonds is 6. The molecule has 1 saturated heterocycles. The van der Waals surface area contributed by atoms with E-state index in [4.69, 9.17) is 9.72 Å². The molecular weight excluding hydrogens is 620 g/mol. The number of aryl methyl sites for hydroxylation is 2. The first kappa shape index (κ1) is 29.6. The average molecular weight is 652 g/mol. The number of benzene rings is 3. The Morgan fingerprint density at radius 1 is 0.977 bits per heavy atom. The summed E-state index contributed by atoms with van der Waals surface area (Å²) in [5.41, 5.74) is 4.96. The van der Waals surface area contributed by atoms with E-state index < -0.39 is 12.1 Å². The van der Waals surface area contributed by atoms with E-state index in [0.29, 0.717) is 39.8 Å². The van der Waals surface area contributed by atoms with Crippen LogP contribution < -0.4 is 4.90 Å². The van der Waals surface area contributed by atoms with Crippen molar-refractivity contribution in [3.05, 3.63) is 106 Å². The maximum absolute atomic E-state index is 13.6. The van der Waals surface area contributed by atoms with Gasteiger partial charge in [-0.15, -0.1) is 0 Å². The summed E-state index contributed by atoms with van der Waals surface area (Å²) in [6.07, 6.45) is 3.56. The number of Topliss-reactive ketones (excluding diaryl/α,β-unsaturated/α-hetero) is 1. The van der Waals surface area contributed by atoms with Crippen molar-refractivity contribution < 1.29 is 23.9 Å². The van der Waals surface area contributed by atoms with E-state index in [1.807, 2.05) is 57.2 Å². The van der Waals surface area contributed by atoms with Crippen molar-refractivity contribution in [3.8, 4) is 11.3 Å². The predicted molar refractivity (Wildman–Crippen MR) is 172 cm³/mol. The molecule has 0 radical (unpaired) electrons. The largest absolute Gasteiger partial charge is 0.451 e. The Hall–Kier alpha value is -4.43. The molecule has 1 aliphatic carbocycles. The molecule has 0 N–H and O–H groups in total. The smallest absolute Gasteiger partial charge is 0.339 e. The standard InChI is InChI=1S/C36H31BrN2O5/c1-19-8-10-24(11-9-19)33(40)22(4)44-36(43)29-18-30(38-32-21(3)16-25(37)17-28(29)32)23-12-14-26(15-13-23)39-34(41)27-7-5-6-20(2)31(27)35(39)42/h5-6,8-18,20,22,27,31H,7H2,1-4H3. The maximum Gasteiger partial charge on any atom is 0.339 e. The number of allylic oxidation sites excluding steroid dienone is 2. The van der Waals surface area contributed by atoms with E-state index in [1.165, 1.54) is 4.90 Å². The first-order valence-electron chi connectivity index (χ1n) is 14.6. The second-order valence-corrected chi connectivity index (χ2v) is 12.6. The molecule has 1 fully saturated rings. The zero-order valence-corrected chi connectivity index (χ0v) is 26.4. The van der Waals surface area contributed by atoms with Gasteiger partial charge >= 0.3 is 5.97 Å². The summed E-state index contributed by atoms with van der Waals surface area (Å²) < 4.78 is 6.49. The number of halogens is 1. The monoisotopic (exact) mass is 650 g/mol. The third-order valence-corrected chi connectivity index (χ3v) is 9.03. The molecule has 2 amide bonds. The lowest BCUT2D eigenvalue weighted by Gasteiger charge is -2.22. The van der Waals surface area contributed by atoms with Gasteiger partial charge in [0.05, 0.1) is 34.3 Å². The van der Waals surface area contributed by atoms with Crippen molar-refractivity contribution in [1.29, 1.82) is 0 Å². The number of ketones is 1. The Labute approximate surface area is 264 Å². The quantitative estimate of drug-likeness (QED) is 0.0933. The number of pyridine rings is 1. The van der Waals surface area contributed by atoms with Crippen molar-refractivity contribution in [3.63, 3.8) is 0 Å². The Balaban J connectivity index is 1.33. The summed E-state index contributed by atoms with van der Waals surface area (Å²) in [5.74, 6) is -1.94. The zero-order valence-electron chi connectivity index (χ0n) is 24.8. The maximum atomic E-state index is 13.6. The molecule has 8 heteroatoms. The Kier molecular flexibility index (Phi) is 7.80. The van der Waals surface area contributed by atoms with E-state index in [-0.39, 0.29) is 40.9 Å². The highest BCUT2D eigenvalue weighted by Crippen LogP contribution is 2.41. The number of carbonyl (C=O) groups is 4. The first-order valence-corrected chi connectivity index (χ1v) is 15.4. The fourth-order valence-electron chi connectivity index (χ4n) is 6.19. The number of anilines is 1. The number of amides is 2. The fraction of sp³-hybridized carbons (Fsp3) is 0.250. The summed E-state index contributed by atoms with van der Waals surface area (Å²) in [6.45, 7) is 7.38. The minimum atomic E-state index is -0.999. The van der Waals surface area contributed by atoms with Crippen LogP contribution in [0.3, 0.4) is 0 Å². The number of hydrogen-bond acceptors (Lipinski definition) is 6. The van der Waals surface area contributed by atoms with Gasteiger partial charge in [0.15, 0.2) is 6.10 Å². The Bertz CT molecular complexity index is 1860. The molecule has 0 bridgehead atoms. The third kappa shape index (κ3) is 5.28. The number of carbonyl (C=O) groups excluding carboxylic acids is 4. The summed E-state index contributed by atoms with van der Waals surface area (Å²) in [7, 11) is 0. The van der Waals surface area contributed by atoms with Crippen molar-refractivity contribution in [2.45, 2.75) is 40.2 Å². The number of esters is 1. The topological polar surface area (TPSA) is 93.6 Å². The SMILES string of the molecule is Cc1ccc(C(=O)C(C)OC(=O)c2cc(-c3ccc(N4C(=O)C5CC=CC(C)C5C4=O)cc3)nc3c(C)cc(Br)cc23)cc1. The van der Waals surface area contributed by atoms with Gasteiger partial charge in [0.25, 0.3) is 0 Å². The summed E-state index contributed by atoms with van der Waals surface area (Å²) in [4.78, 5) is 59.3. The minimum absolute atomic E-state index is 0.00706. The van der Waals surface area contributed by atoms with Crippen LogP contribution in [-0.2, 0) is 14.3 Å². The fourth-order valence-corrected chi connectivity index (χ4v) is 6.76. The third-order valence-electron chi connectivity index (χ3n) is 8.57. The molecule has 4 unspecified atom stereocenters. The van der Waals surface area contributed by atoms with Crippen molar-refractivity contribution in [2.75, 3.05) is 4.90 Å². The van der Waals surface area contributed by atoms with Crippen molar-refractivity contribution in [1.82, 2.24) is 4.98 Å². The van der Waals surface area contributed by atoms with Gasteiger partial charge in [0, 0.05) is 21.0 Å².